The molecule has 0 aromatic heterocycles. The first-order valence-corrected chi connectivity index (χ1v) is 5.53. The first kappa shape index (κ1) is 8.48. The molecular formula is C6H15NSe. The Morgan fingerprint density at radius 1 is 1.62 bits per heavy atom. The molecule has 0 aliphatic rings. The standard InChI is InChI=1S/C6H15NSe/c1-3-8-5-4-6(2)7/h6H,3-5,7H2,1-2H3. The van der Waals surface area contributed by atoms with Gasteiger partial charge < -0.3 is 0 Å². The van der Waals surface area contributed by atoms with E-state index in [4.69, 9.17) is 5.73 Å². The maximum atomic E-state index is 5.54. The molecule has 2 heteroatoms. The van der Waals surface area contributed by atoms with Crippen LogP contribution in [0.3, 0.4) is 0 Å². The van der Waals surface area contributed by atoms with Crippen LogP contribution < -0.4 is 5.73 Å². The molecule has 0 bridgehead atoms. The molecule has 0 aliphatic carbocycles. The fourth-order valence-electron chi connectivity index (χ4n) is 0.414. The van der Waals surface area contributed by atoms with Gasteiger partial charge in [0.05, 0.1) is 0 Å². The third-order valence-electron chi connectivity index (χ3n) is 0.922. The van der Waals surface area contributed by atoms with Crippen molar-refractivity contribution in [2.45, 2.75) is 36.9 Å². The van der Waals surface area contributed by atoms with Crippen LogP contribution in [-0.4, -0.2) is 21.0 Å². The summed E-state index contributed by atoms with van der Waals surface area (Å²) in [5.41, 5.74) is 5.54. The average Bonchev–Trinajstić information content (AvgIpc) is 1.66. The van der Waals surface area contributed by atoms with Crippen LogP contribution in [0, 0.1) is 0 Å². The molecule has 0 rings (SSSR count). The van der Waals surface area contributed by atoms with Crippen molar-refractivity contribution < 1.29 is 0 Å². The summed E-state index contributed by atoms with van der Waals surface area (Å²) in [6, 6.07) is 0.420. The Kier molecular flexibility index (Phi) is 5.95. The van der Waals surface area contributed by atoms with E-state index in [1.165, 1.54) is 17.1 Å². The van der Waals surface area contributed by atoms with E-state index in [2.05, 4.69) is 13.8 Å². The van der Waals surface area contributed by atoms with Gasteiger partial charge in [0.25, 0.3) is 0 Å². The van der Waals surface area contributed by atoms with Gasteiger partial charge in [-0.05, 0) is 0 Å². The minimum atomic E-state index is 0.420. The molecule has 0 fully saturated rings. The SMILES string of the molecule is CC[Se]CCC(C)N. The quantitative estimate of drug-likeness (QED) is 0.512. The molecule has 0 aromatic rings. The van der Waals surface area contributed by atoms with E-state index in [1.54, 1.807) is 0 Å². The predicted molar refractivity (Wildman–Crippen MR) is 39.3 cm³/mol. The molecule has 0 heterocycles. The average molecular weight is 180 g/mol. The Bertz CT molecular complexity index is 45.8. The molecule has 1 atom stereocenters. The van der Waals surface area contributed by atoms with Crippen molar-refractivity contribution >= 4 is 15.0 Å². The zero-order valence-corrected chi connectivity index (χ0v) is 7.40. The third kappa shape index (κ3) is 6.48. The molecule has 1 nitrogen and oxygen atoms in total. The molecule has 8 heavy (non-hydrogen) atoms. The summed E-state index contributed by atoms with van der Waals surface area (Å²) < 4.78 is 0. The molecule has 0 spiro atoms. The Balaban J connectivity index is 2.72. The maximum absolute atomic E-state index is 5.54. The van der Waals surface area contributed by atoms with Crippen LogP contribution in [-0.2, 0) is 0 Å². The van der Waals surface area contributed by atoms with Gasteiger partial charge in [0, 0.05) is 0 Å². The minimum absolute atomic E-state index is 0.420. The molecular weight excluding hydrogens is 165 g/mol. The van der Waals surface area contributed by atoms with Crippen molar-refractivity contribution in [2.24, 2.45) is 5.73 Å². The van der Waals surface area contributed by atoms with Crippen molar-refractivity contribution in [2.75, 3.05) is 0 Å². The fraction of sp³-hybridized carbons (Fsp3) is 1.00. The molecule has 0 radical (unpaired) electrons. The monoisotopic (exact) mass is 181 g/mol. The van der Waals surface area contributed by atoms with E-state index in [0.717, 1.165) is 15.0 Å². The fourth-order valence-corrected chi connectivity index (χ4v) is 2.15. The van der Waals surface area contributed by atoms with E-state index in [0.29, 0.717) is 6.04 Å². The molecule has 50 valence electrons. The van der Waals surface area contributed by atoms with Crippen molar-refractivity contribution in [3.8, 4) is 0 Å². The van der Waals surface area contributed by atoms with E-state index >= 15 is 0 Å². The normalized spacial score (nSPS) is 13.9. The molecule has 2 N–H and O–H groups in total. The van der Waals surface area contributed by atoms with E-state index < -0.39 is 0 Å². The summed E-state index contributed by atoms with van der Waals surface area (Å²) >= 11 is 0.869. The second-order valence-corrected chi connectivity index (χ2v) is 4.89. The molecule has 0 saturated heterocycles. The topological polar surface area (TPSA) is 26.0 Å². The van der Waals surface area contributed by atoms with Crippen molar-refractivity contribution in [3.63, 3.8) is 0 Å². The Morgan fingerprint density at radius 2 is 2.25 bits per heavy atom. The molecule has 0 aromatic carbocycles. The molecule has 1 unspecified atom stereocenters. The van der Waals surface area contributed by atoms with Crippen LogP contribution in [0.15, 0.2) is 0 Å². The van der Waals surface area contributed by atoms with Crippen molar-refractivity contribution in [3.05, 3.63) is 0 Å². The summed E-state index contributed by atoms with van der Waals surface area (Å²) in [6.07, 6.45) is 1.22. The van der Waals surface area contributed by atoms with Gasteiger partial charge in [-0.1, -0.05) is 0 Å². The van der Waals surface area contributed by atoms with Gasteiger partial charge in [-0.15, -0.1) is 0 Å². The second-order valence-electron chi connectivity index (χ2n) is 1.96. The first-order valence-electron chi connectivity index (χ1n) is 3.10. The predicted octanol–water partition coefficient (Wildman–Crippen LogP) is 1.28. The summed E-state index contributed by atoms with van der Waals surface area (Å²) in [5.74, 6) is 0. The summed E-state index contributed by atoms with van der Waals surface area (Å²) in [5, 5.41) is 2.72. The van der Waals surface area contributed by atoms with Gasteiger partial charge in [0.2, 0.25) is 0 Å². The van der Waals surface area contributed by atoms with E-state index in [-0.39, 0.29) is 0 Å². The van der Waals surface area contributed by atoms with Gasteiger partial charge in [-0.2, -0.15) is 0 Å². The number of nitrogens with two attached hydrogens (primary N) is 1. The van der Waals surface area contributed by atoms with Gasteiger partial charge in [0.1, 0.15) is 0 Å². The Labute approximate surface area is 58.2 Å². The molecule has 0 amide bonds. The Hall–Kier alpha value is 0.479. The van der Waals surface area contributed by atoms with Crippen molar-refractivity contribution in [1.82, 2.24) is 0 Å². The van der Waals surface area contributed by atoms with Crippen LogP contribution in [0.25, 0.3) is 0 Å². The second kappa shape index (κ2) is 5.61. The van der Waals surface area contributed by atoms with Crippen LogP contribution in [0.4, 0.5) is 0 Å². The summed E-state index contributed by atoms with van der Waals surface area (Å²) in [6.45, 7) is 4.31. The third-order valence-corrected chi connectivity index (χ3v) is 2.88. The van der Waals surface area contributed by atoms with Gasteiger partial charge in [0.15, 0.2) is 0 Å². The van der Waals surface area contributed by atoms with Gasteiger partial charge >= 0.3 is 57.6 Å². The van der Waals surface area contributed by atoms with E-state index in [9.17, 15) is 0 Å². The van der Waals surface area contributed by atoms with Crippen LogP contribution in [0.5, 0.6) is 0 Å². The summed E-state index contributed by atoms with van der Waals surface area (Å²) in [7, 11) is 0. The Morgan fingerprint density at radius 3 is 2.62 bits per heavy atom. The zero-order valence-electron chi connectivity index (χ0n) is 5.68. The number of hydrogen-bond donors (Lipinski definition) is 1. The van der Waals surface area contributed by atoms with Crippen LogP contribution in [0.1, 0.15) is 20.3 Å². The number of rotatable bonds is 4. The van der Waals surface area contributed by atoms with Gasteiger partial charge in [-0.25, -0.2) is 0 Å². The van der Waals surface area contributed by atoms with Crippen molar-refractivity contribution in [1.29, 1.82) is 0 Å². The zero-order chi connectivity index (χ0) is 6.41. The van der Waals surface area contributed by atoms with Gasteiger partial charge in [-0.3, -0.25) is 0 Å². The van der Waals surface area contributed by atoms with Crippen LogP contribution >= 0.6 is 0 Å². The van der Waals surface area contributed by atoms with Crippen LogP contribution in [0.2, 0.25) is 10.6 Å². The number of hydrogen-bond acceptors (Lipinski definition) is 1. The van der Waals surface area contributed by atoms with E-state index in [1.807, 2.05) is 0 Å². The summed E-state index contributed by atoms with van der Waals surface area (Å²) in [4.78, 5) is 0. The first-order chi connectivity index (χ1) is 3.77. The molecule has 0 aliphatic heterocycles. The molecule has 0 saturated carbocycles.